The number of hydrogen-bond acceptors (Lipinski definition) is 2. The average molecular weight is 251 g/mol. The van der Waals surface area contributed by atoms with Crippen molar-refractivity contribution in [3.05, 3.63) is 0 Å². The molecular formula is C11H16F3NO2. The fraction of sp³-hybridized carbons (Fsp3) is 0.909. The molecule has 2 aliphatic carbocycles. The van der Waals surface area contributed by atoms with Crippen LogP contribution in [0.25, 0.3) is 0 Å². The third kappa shape index (κ3) is 3.78. The molecule has 0 aromatic heterocycles. The third-order valence-electron chi connectivity index (χ3n) is 3.32. The van der Waals surface area contributed by atoms with Crippen molar-refractivity contribution in [3.63, 3.8) is 0 Å². The Morgan fingerprint density at radius 3 is 2.35 bits per heavy atom. The number of carbonyl (C=O) groups is 1. The average Bonchev–Trinajstić information content (AvgIpc) is 2.72. The highest BCUT2D eigenvalue weighted by Gasteiger charge is 2.54. The van der Waals surface area contributed by atoms with Gasteiger partial charge in [-0.2, -0.15) is 13.2 Å². The highest BCUT2D eigenvalue weighted by atomic mass is 19.4. The molecule has 2 aliphatic rings. The zero-order valence-electron chi connectivity index (χ0n) is 9.48. The van der Waals surface area contributed by atoms with Gasteiger partial charge in [-0.05, 0) is 25.7 Å². The first-order valence-corrected chi connectivity index (χ1v) is 5.95. The summed E-state index contributed by atoms with van der Waals surface area (Å²) in [5.41, 5.74) is -1.28. The van der Waals surface area contributed by atoms with Crippen LogP contribution in [0.3, 0.4) is 0 Å². The van der Waals surface area contributed by atoms with E-state index in [9.17, 15) is 18.0 Å². The number of hydrogen-bond donors (Lipinski definition) is 1. The van der Waals surface area contributed by atoms with Crippen molar-refractivity contribution in [2.24, 2.45) is 0 Å². The highest BCUT2D eigenvalue weighted by molar-refractivity contribution is 5.68. The van der Waals surface area contributed by atoms with E-state index in [1.807, 2.05) is 0 Å². The van der Waals surface area contributed by atoms with E-state index in [1.54, 1.807) is 0 Å². The topological polar surface area (TPSA) is 38.3 Å². The van der Waals surface area contributed by atoms with Gasteiger partial charge in [-0.25, -0.2) is 4.79 Å². The van der Waals surface area contributed by atoms with E-state index >= 15 is 0 Å². The lowest BCUT2D eigenvalue weighted by Gasteiger charge is -2.20. The van der Waals surface area contributed by atoms with E-state index in [2.05, 4.69) is 5.32 Å². The lowest BCUT2D eigenvalue weighted by atomic mass is 10.2. The van der Waals surface area contributed by atoms with E-state index < -0.39 is 24.3 Å². The number of halogens is 3. The van der Waals surface area contributed by atoms with E-state index in [-0.39, 0.29) is 6.04 Å². The van der Waals surface area contributed by atoms with Crippen LogP contribution in [0.1, 0.15) is 44.9 Å². The summed E-state index contributed by atoms with van der Waals surface area (Å²) in [7, 11) is 0. The van der Waals surface area contributed by atoms with Crippen LogP contribution >= 0.6 is 0 Å². The van der Waals surface area contributed by atoms with Crippen molar-refractivity contribution >= 4 is 6.09 Å². The Morgan fingerprint density at radius 2 is 1.88 bits per heavy atom. The first-order chi connectivity index (χ1) is 7.89. The molecule has 0 aromatic carbocycles. The van der Waals surface area contributed by atoms with Gasteiger partial charge in [0.25, 0.3) is 0 Å². The Balaban J connectivity index is 1.78. The maximum atomic E-state index is 12.2. The molecule has 17 heavy (non-hydrogen) atoms. The second-order valence-corrected chi connectivity index (χ2v) is 4.99. The van der Waals surface area contributed by atoms with Crippen LogP contribution < -0.4 is 5.32 Å². The maximum absolute atomic E-state index is 12.2. The molecule has 98 valence electrons. The smallest absolute Gasteiger partial charge is 0.407 e. The molecule has 1 N–H and O–H groups in total. The molecule has 0 unspecified atom stereocenters. The number of alkyl carbamates (subject to hydrolysis) is 1. The van der Waals surface area contributed by atoms with Crippen molar-refractivity contribution in [3.8, 4) is 0 Å². The fourth-order valence-corrected chi connectivity index (χ4v) is 2.28. The van der Waals surface area contributed by atoms with Crippen LogP contribution in [0.5, 0.6) is 0 Å². The van der Waals surface area contributed by atoms with E-state index in [0.717, 1.165) is 25.7 Å². The fourth-order valence-electron chi connectivity index (χ4n) is 2.28. The van der Waals surface area contributed by atoms with Gasteiger partial charge in [0.1, 0.15) is 5.60 Å². The number of alkyl halides is 3. The van der Waals surface area contributed by atoms with Gasteiger partial charge in [-0.15, -0.1) is 0 Å². The Morgan fingerprint density at radius 1 is 1.29 bits per heavy atom. The first kappa shape index (κ1) is 12.5. The summed E-state index contributed by atoms with van der Waals surface area (Å²) >= 11 is 0. The predicted octanol–water partition coefficient (Wildman–Crippen LogP) is 3.14. The minimum absolute atomic E-state index is 0.0733. The molecule has 2 rings (SSSR count). The molecule has 0 bridgehead atoms. The summed E-state index contributed by atoms with van der Waals surface area (Å²) < 4.78 is 41.6. The standard InChI is InChI=1S/C11H16F3NO2/c12-11(13,14)7-10(5-6-10)17-9(16)15-8-3-1-2-4-8/h8H,1-7H2,(H,15,16). The molecule has 2 fully saturated rings. The maximum Gasteiger partial charge on any atom is 0.407 e. The number of ether oxygens (including phenoxy) is 1. The molecule has 0 radical (unpaired) electrons. The van der Waals surface area contributed by atoms with Gasteiger partial charge in [-0.3, -0.25) is 0 Å². The lowest BCUT2D eigenvalue weighted by Crippen LogP contribution is -2.37. The van der Waals surface area contributed by atoms with E-state index in [4.69, 9.17) is 4.74 Å². The Kier molecular flexibility index (Phi) is 3.23. The Bertz CT molecular complexity index is 294. The predicted molar refractivity (Wildman–Crippen MR) is 54.5 cm³/mol. The minimum Gasteiger partial charge on any atom is -0.443 e. The number of nitrogens with one attached hydrogen (secondary N) is 1. The summed E-state index contributed by atoms with van der Waals surface area (Å²) in [6.07, 6.45) is -1.49. The summed E-state index contributed by atoms with van der Waals surface area (Å²) in [6, 6.07) is 0.0733. The molecule has 3 nitrogen and oxygen atoms in total. The number of carbonyl (C=O) groups excluding carboxylic acids is 1. The van der Waals surface area contributed by atoms with Gasteiger partial charge in [0, 0.05) is 6.04 Å². The molecule has 2 saturated carbocycles. The molecule has 0 aromatic rings. The van der Waals surface area contributed by atoms with E-state index in [0.29, 0.717) is 12.8 Å². The normalized spacial score (nSPS) is 23.5. The van der Waals surface area contributed by atoms with E-state index in [1.165, 1.54) is 0 Å². The third-order valence-corrected chi connectivity index (χ3v) is 3.32. The van der Waals surface area contributed by atoms with Crippen LogP contribution in [-0.4, -0.2) is 23.9 Å². The second-order valence-electron chi connectivity index (χ2n) is 4.99. The molecule has 6 heteroatoms. The number of rotatable bonds is 3. The van der Waals surface area contributed by atoms with Crippen molar-refractivity contribution in [2.75, 3.05) is 0 Å². The first-order valence-electron chi connectivity index (χ1n) is 5.95. The monoisotopic (exact) mass is 251 g/mol. The van der Waals surface area contributed by atoms with Gasteiger partial charge >= 0.3 is 12.3 Å². The van der Waals surface area contributed by atoms with Crippen LogP contribution in [0.2, 0.25) is 0 Å². The zero-order chi connectivity index (χ0) is 12.5. The highest BCUT2D eigenvalue weighted by Crippen LogP contribution is 2.47. The molecular weight excluding hydrogens is 235 g/mol. The Hall–Kier alpha value is -0.940. The van der Waals surface area contributed by atoms with Crippen LogP contribution in [0, 0.1) is 0 Å². The van der Waals surface area contributed by atoms with Gasteiger partial charge in [-0.1, -0.05) is 12.8 Å². The zero-order valence-corrected chi connectivity index (χ0v) is 9.48. The van der Waals surface area contributed by atoms with Gasteiger partial charge in [0.15, 0.2) is 0 Å². The summed E-state index contributed by atoms with van der Waals surface area (Å²) in [4.78, 5) is 11.4. The van der Waals surface area contributed by atoms with Crippen molar-refractivity contribution in [2.45, 2.75) is 62.8 Å². The summed E-state index contributed by atoms with van der Waals surface area (Å²) in [5.74, 6) is 0. The SMILES string of the molecule is O=C(NC1CCCC1)OC1(CC(F)(F)F)CC1. The number of amides is 1. The molecule has 0 aliphatic heterocycles. The van der Waals surface area contributed by atoms with Crippen molar-refractivity contribution in [1.82, 2.24) is 5.32 Å². The quantitative estimate of drug-likeness (QED) is 0.836. The van der Waals surface area contributed by atoms with Crippen molar-refractivity contribution in [1.29, 1.82) is 0 Å². The Labute approximate surface area is 97.7 Å². The van der Waals surface area contributed by atoms with Crippen molar-refractivity contribution < 1.29 is 22.7 Å². The lowest BCUT2D eigenvalue weighted by molar-refractivity contribution is -0.158. The van der Waals surface area contributed by atoms with Gasteiger partial charge in [0.05, 0.1) is 6.42 Å². The second kappa shape index (κ2) is 4.38. The van der Waals surface area contributed by atoms with Crippen LogP contribution in [0.4, 0.5) is 18.0 Å². The summed E-state index contributed by atoms with van der Waals surface area (Å²) in [5, 5.41) is 2.63. The molecule has 0 heterocycles. The molecule has 0 spiro atoms. The van der Waals surface area contributed by atoms with Gasteiger partial charge in [0.2, 0.25) is 0 Å². The minimum atomic E-state index is -4.27. The molecule has 0 saturated heterocycles. The molecule has 0 atom stereocenters. The van der Waals surface area contributed by atoms with Crippen LogP contribution in [0.15, 0.2) is 0 Å². The largest absolute Gasteiger partial charge is 0.443 e. The van der Waals surface area contributed by atoms with Gasteiger partial charge < -0.3 is 10.1 Å². The van der Waals surface area contributed by atoms with Crippen LogP contribution in [-0.2, 0) is 4.74 Å². The summed E-state index contributed by atoms with van der Waals surface area (Å²) in [6.45, 7) is 0. The molecule has 1 amide bonds.